The first-order valence-corrected chi connectivity index (χ1v) is 6.71. The van der Waals surface area contributed by atoms with Gasteiger partial charge in [-0.25, -0.2) is 8.78 Å². The van der Waals surface area contributed by atoms with Gasteiger partial charge >= 0.3 is 0 Å². The molecule has 0 bridgehead atoms. The fourth-order valence-electron chi connectivity index (χ4n) is 2.67. The lowest BCUT2D eigenvalue weighted by molar-refractivity contribution is 0.312. The molecule has 0 amide bonds. The van der Waals surface area contributed by atoms with E-state index in [4.69, 9.17) is 0 Å². The molecule has 2 heteroatoms. The van der Waals surface area contributed by atoms with Gasteiger partial charge in [0.15, 0.2) is 11.6 Å². The van der Waals surface area contributed by atoms with Gasteiger partial charge in [0, 0.05) is 5.56 Å². The van der Waals surface area contributed by atoms with Gasteiger partial charge in [-0.2, -0.15) is 0 Å². The first-order chi connectivity index (χ1) is 8.58. The van der Waals surface area contributed by atoms with Gasteiger partial charge in [-0.1, -0.05) is 37.6 Å². The Morgan fingerprint density at radius 3 is 2.44 bits per heavy atom. The lowest BCUT2D eigenvalue weighted by atomic mass is 9.79. The molecule has 0 N–H and O–H groups in total. The molecule has 0 heterocycles. The molecule has 0 atom stereocenters. The molecule has 0 spiro atoms. The van der Waals surface area contributed by atoms with E-state index in [2.05, 4.69) is 13.8 Å². The first kappa shape index (κ1) is 13.3. The van der Waals surface area contributed by atoms with Crippen molar-refractivity contribution in [2.24, 2.45) is 11.8 Å². The number of rotatable bonds is 2. The molecule has 0 aliphatic heterocycles. The van der Waals surface area contributed by atoms with Crippen molar-refractivity contribution in [3.05, 3.63) is 41.0 Å². The highest BCUT2D eigenvalue weighted by atomic mass is 19.2. The Balaban J connectivity index is 2.09. The molecule has 1 fully saturated rings. The molecular weight excluding hydrogens is 230 g/mol. The Hall–Kier alpha value is -1.18. The minimum Gasteiger partial charge on any atom is -0.204 e. The third-order valence-corrected chi connectivity index (χ3v) is 3.96. The molecule has 0 aromatic heterocycles. The SMILES string of the molecule is CC(C)C1CCC(=Cc2cccc(F)c2F)CC1. The van der Waals surface area contributed by atoms with Crippen molar-refractivity contribution in [2.75, 3.05) is 0 Å². The molecule has 1 aliphatic carbocycles. The zero-order chi connectivity index (χ0) is 13.1. The van der Waals surface area contributed by atoms with Crippen LogP contribution in [0.4, 0.5) is 8.78 Å². The van der Waals surface area contributed by atoms with Gasteiger partial charge in [0.05, 0.1) is 0 Å². The average Bonchev–Trinajstić information content (AvgIpc) is 2.36. The second-order valence-corrected chi connectivity index (χ2v) is 5.53. The number of halogens is 2. The van der Waals surface area contributed by atoms with Crippen molar-refractivity contribution in [2.45, 2.75) is 39.5 Å². The van der Waals surface area contributed by atoms with E-state index in [0.717, 1.165) is 30.7 Å². The predicted molar refractivity (Wildman–Crippen MR) is 71.1 cm³/mol. The van der Waals surface area contributed by atoms with Gasteiger partial charge < -0.3 is 0 Å². The molecule has 2 rings (SSSR count). The van der Waals surface area contributed by atoms with Crippen molar-refractivity contribution in [1.29, 1.82) is 0 Å². The van der Waals surface area contributed by atoms with E-state index in [1.54, 1.807) is 12.1 Å². The van der Waals surface area contributed by atoms with Crippen LogP contribution in [0, 0.1) is 23.5 Å². The second kappa shape index (κ2) is 5.64. The number of hydrogen-bond donors (Lipinski definition) is 0. The largest absolute Gasteiger partial charge is 0.204 e. The fraction of sp³-hybridized carbons (Fsp3) is 0.500. The summed E-state index contributed by atoms with van der Waals surface area (Å²) in [5.41, 5.74) is 1.63. The molecule has 18 heavy (non-hydrogen) atoms. The Labute approximate surface area is 108 Å². The zero-order valence-corrected chi connectivity index (χ0v) is 11.0. The molecule has 1 aromatic carbocycles. The smallest absolute Gasteiger partial charge is 0.166 e. The number of benzene rings is 1. The van der Waals surface area contributed by atoms with Crippen LogP contribution >= 0.6 is 0 Å². The molecule has 1 aromatic rings. The summed E-state index contributed by atoms with van der Waals surface area (Å²) in [5, 5.41) is 0. The average molecular weight is 250 g/mol. The van der Waals surface area contributed by atoms with Crippen LogP contribution in [0.3, 0.4) is 0 Å². The molecule has 0 nitrogen and oxygen atoms in total. The molecule has 98 valence electrons. The highest BCUT2D eigenvalue weighted by molar-refractivity contribution is 5.53. The predicted octanol–water partition coefficient (Wildman–Crippen LogP) is 5.19. The van der Waals surface area contributed by atoms with Crippen molar-refractivity contribution in [1.82, 2.24) is 0 Å². The van der Waals surface area contributed by atoms with Crippen molar-refractivity contribution >= 4 is 6.08 Å². The first-order valence-electron chi connectivity index (χ1n) is 6.71. The lowest BCUT2D eigenvalue weighted by Crippen LogP contribution is -2.13. The van der Waals surface area contributed by atoms with Gasteiger partial charge in [-0.15, -0.1) is 0 Å². The highest BCUT2D eigenvalue weighted by Gasteiger charge is 2.19. The van der Waals surface area contributed by atoms with Gasteiger partial charge in [-0.05, 0) is 43.6 Å². The number of allylic oxidation sites excluding steroid dienone is 1. The van der Waals surface area contributed by atoms with E-state index in [0.29, 0.717) is 5.56 Å². The van der Waals surface area contributed by atoms with Crippen LogP contribution in [0.15, 0.2) is 23.8 Å². The Bertz CT molecular complexity index is 436. The van der Waals surface area contributed by atoms with Gasteiger partial charge in [0.25, 0.3) is 0 Å². The van der Waals surface area contributed by atoms with Crippen LogP contribution in [0.25, 0.3) is 6.08 Å². The van der Waals surface area contributed by atoms with Crippen molar-refractivity contribution < 1.29 is 8.78 Å². The molecule has 1 aliphatic rings. The quantitative estimate of drug-likeness (QED) is 0.677. The maximum Gasteiger partial charge on any atom is 0.166 e. The molecule has 0 radical (unpaired) electrons. The second-order valence-electron chi connectivity index (χ2n) is 5.53. The van der Waals surface area contributed by atoms with E-state index in [1.807, 2.05) is 6.08 Å². The molecular formula is C16H20F2. The van der Waals surface area contributed by atoms with E-state index < -0.39 is 11.6 Å². The summed E-state index contributed by atoms with van der Waals surface area (Å²) in [7, 11) is 0. The van der Waals surface area contributed by atoms with Gasteiger partial charge in [0.2, 0.25) is 0 Å². The van der Waals surface area contributed by atoms with Gasteiger partial charge in [0.1, 0.15) is 0 Å². The van der Waals surface area contributed by atoms with E-state index in [9.17, 15) is 8.78 Å². The minimum atomic E-state index is -0.764. The maximum atomic E-state index is 13.5. The van der Waals surface area contributed by atoms with E-state index >= 15 is 0 Å². The van der Waals surface area contributed by atoms with Crippen LogP contribution in [0.1, 0.15) is 45.1 Å². The van der Waals surface area contributed by atoms with Crippen LogP contribution in [-0.4, -0.2) is 0 Å². The summed E-state index contributed by atoms with van der Waals surface area (Å²) in [6.45, 7) is 4.51. The summed E-state index contributed by atoms with van der Waals surface area (Å²) in [6.07, 6.45) is 6.19. The zero-order valence-electron chi connectivity index (χ0n) is 11.0. The Morgan fingerprint density at radius 1 is 1.17 bits per heavy atom. The summed E-state index contributed by atoms with van der Waals surface area (Å²) in [5.74, 6) is 0.00756. The van der Waals surface area contributed by atoms with Crippen LogP contribution in [0.5, 0.6) is 0 Å². The summed E-state index contributed by atoms with van der Waals surface area (Å²) in [4.78, 5) is 0. The van der Waals surface area contributed by atoms with Crippen molar-refractivity contribution in [3.8, 4) is 0 Å². The maximum absolute atomic E-state index is 13.5. The van der Waals surface area contributed by atoms with Crippen LogP contribution in [0.2, 0.25) is 0 Å². The summed E-state index contributed by atoms with van der Waals surface area (Å²) < 4.78 is 26.6. The number of hydrogen-bond acceptors (Lipinski definition) is 0. The highest BCUT2D eigenvalue weighted by Crippen LogP contribution is 2.34. The van der Waals surface area contributed by atoms with Gasteiger partial charge in [-0.3, -0.25) is 0 Å². The topological polar surface area (TPSA) is 0 Å². The molecule has 0 unspecified atom stereocenters. The third-order valence-electron chi connectivity index (χ3n) is 3.96. The Kier molecular flexibility index (Phi) is 4.15. The lowest BCUT2D eigenvalue weighted by Gasteiger charge is -2.27. The van der Waals surface area contributed by atoms with E-state index in [1.165, 1.54) is 18.4 Å². The summed E-state index contributed by atoms with van der Waals surface area (Å²) >= 11 is 0. The monoisotopic (exact) mass is 250 g/mol. The standard InChI is InChI=1S/C16H20F2/c1-11(2)13-8-6-12(7-9-13)10-14-4-3-5-15(17)16(14)18/h3-5,10-11,13H,6-9H2,1-2H3. The fourth-order valence-corrected chi connectivity index (χ4v) is 2.67. The van der Waals surface area contributed by atoms with E-state index in [-0.39, 0.29) is 0 Å². The summed E-state index contributed by atoms with van der Waals surface area (Å²) in [6, 6.07) is 4.36. The Morgan fingerprint density at radius 2 is 1.83 bits per heavy atom. The van der Waals surface area contributed by atoms with Crippen molar-refractivity contribution in [3.63, 3.8) is 0 Å². The third kappa shape index (κ3) is 2.98. The minimum absolute atomic E-state index is 0.382. The molecule has 0 saturated heterocycles. The van der Waals surface area contributed by atoms with Crippen LogP contribution < -0.4 is 0 Å². The molecule has 1 saturated carbocycles. The normalized spacial score (nSPS) is 20.3. The van der Waals surface area contributed by atoms with Crippen LogP contribution in [-0.2, 0) is 0 Å².